The third-order valence-corrected chi connectivity index (χ3v) is 7.54. The summed E-state index contributed by atoms with van der Waals surface area (Å²) in [6.45, 7) is 12.5. The number of rotatable bonds is 9. The zero-order chi connectivity index (χ0) is 25.5. The van der Waals surface area contributed by atoms with Gasteiger partial charge in [0, 0.05) is 56.6 Å². The van der Waals surface area contributed by atoms with Crippen LogP contribution >= 0.6 is 0 Å². The molecule has 4 rings (SSSR count). The van der Waals surface area contributed by atoms with Crippen molar-refractivity contribution < 1.29 is 9.59 Å². The summed E-state index contributed by atoms with van der Waals surface area (Å²) in [7, 11) is 2.15. The summed E-state index contributed by atoms with van der Waals surface area (Å²) in [5, 5.41) is 6.93. The SMILES string of the molecule is Cc1cc(N2CCN(C)CC2)nc2ccc(NC(=O)CCC(=O)NCCCN3CCC(C)CC3)cc12. The van der Waals surface area contributed by atoms with Crippen LogP contribution in [0.5, 0.6) is 0 Å². The third-order valence-electron chi connectivity index (χ3n) is 7.54. The molecule has 2 aromatic rings. The van der Waals surface area contributed by atoms with Gasteiger partial charge in [0.05, 0.1) is 5.52 Å². The van der Waals surface area contributed by atoms with Crippen LogP contribution in [0.2, 0.25) is 0 Å². The second-order valence-corrected chi connectivity index (χ2v) is 10.6. The highest BCUT2D eigenvalue weighted by atomic mass is 16.2. The number of carbonyl (C=O) groups is 2. The second-order valence-electron chi connectivity index (χ2n) is 10.6. The number of pyridine rings is 1. The first kappa shape index (κ1) is 26.4. The van der Waals surface area contributed by atoms with Gasteiger partial charge in [-0.1, -0.05) is 6.92 Å². The summed E-state index contributed by atoms with van der Waals surface area (Å²) in [5.74, 6) is 1.64. The van der Waals surface area contributed by atoms with Crippen LogP contribution in [-0.2, 0) is 9.59 Å². The predicted octanol–water partition coefficient (Wildman–Crippen LogP) is 3.25. The van der Waals surface area contributed by atoms with E-state index in [9.17, 15) is 9.59 Å². The van der Waals surface area contributed by atoms with E-state index in [-0.39, 0.29) is 24.7 Å². The smallest absolute Gasteiger partial charge is 0.224 e. The van der Waals surface area contributed by atoms with Crippen LogP contribution in [0.15, 0.2) is 24.3 Å². The predicted molar refractivity (Wildman–Crippen MR) is 147 cm³/mol. The fourth-order valence-electron chi connectivity index (χ4n) is 5.01. The molecule has 8 heteroatoms. The highest BCUT2D eigenvalue weighted by Crippen LogP contribution is 2.26. The number of hydrogen-bond acceptors (Lipinski definition) is 6. The first-order valence-corrected chi connectivity index (χ1v) is 13.5. The Hall–Kier alpha value is -2.71. The molecule has 196 valence electrons. The molecule has 8 nitrogen and oxygen atoms in total. The topological polar surface area (TPSA) is 80.8 Å². The van der Waals surface area contributed by atoms with Gasteiger partial charge < -0.3 is 25.3 Å². The lowest BCUT2D eigenvalue weighted by Crippen LogP contribution is -2.44. The zero-order valence-corrected chi connectivity index (χ0v) is 22.2. The largest absolute Gasteiger partial charge is 0.356 e. The van der Waals surface area contributed by atoms with Crippen LogP contribution in [0.25, 0.3) is 10.9 Å². The van der Waals surface area contributed by atoms with Crippen molar-refractivity contribution in [3.8, 4) is 0 Å². The van der Waals surface area contributed by atoms with Gasteiger partial charge in [0.25, 0.3) is 0 Å². The molecule has 36 heavy (non-hydrogen) atoms. The number of benzene rings is 1. The van der Waals surface area contributed by atoms with Crippen LogP contribution < -0.4 is 15.5 Å². The number of aromatic nitrogens is 1. The molecular weight excluding hydrogens is 452 g/mol. The molecule has 1 aromatic heterocycles. The van der Waals surface area contributed by atoms with E-state index >= 15 is 0 Å². The maximum atomic E-state index is 12.5. The van der Waals surface area contributed by atoms with E-state index in [1.165, 1.54) is 12.8 Å². The average molecular weight is 495 g/mol. The van der Waals surface area contributed by atoms with Crippen molar-refractivity contribution in [1.29, 1.82) is 0 Å². The van der Waals surface area contributed by atoms with Gasteiger partial charge in [-0.15, -0.1) is 0 Å². The van der Waals surface area contributed by atoms with Gasteiger partial charge in [-0.3, -0.25) is 9.59 Å². The number of likely N-dealkylation sites (tertiary alicyclic amines) is 1. The van der Waals surface area contributed by atoms with Crippen molar-refractivity contribution in [3.05, 3.63) is 29.8 Å². The molecule has 2 aliphatic rings. The van der Waals surface area contributed by atoms with Gasteiger partial charge in [0.1, 0.15) is 5.82 Å². The monoisotopic (exact) mass is 494 g/mol. The number of piperidine rings is 1. The van der Waals surface area contributed by atoms with E-state index < -0.39 is 0 Å². The summed E-state index contributed by atoms with van der Waals surface area (Å²) in [6.07, 6.45) is 3.87. The van der Waals surface area contributed by atoms with Gasteiger partial charge >= 0.3 is 0 Å². The van der Waals surface area contributed by atoms with Crippen molar-refractivity contribution >= 4 is 34.2 Å². The average Bonchev–Trinajstić information content (AvgIpc) is 2.87. The molecule has 2 fully saturated rings. The molecule has 2 amide bonds. The minimum atomic E-state index is -0.147. The van der Waals surface area contributed by atoms with Gasteiger partial charge in [-0.25, -0.2) is 4.98 Å². The molecular formula is C28H42N6O2. The molecule has 3 heterocycles. The normalized spacial score (nSPS) is 17.9. The zero-order valence-electron chi connectivity index (χ0n) is 22.2. The lowest BCUT2D eigenvalue weighted by Gasteiger charge is -2.33. The minimum Gasteiger partial charge on any atom is -0.356 e. The number of carbonyl (C=O) groups excluding carboxylic acids is 2. The molecule has 0 bridgehead atoms. The first-order chi connectivity index (χ1) is 17.4. The number of fused-ring (bicyclic) bond motifs is 1. The Kier molecular flexibility index (Phi) is 9.15. The molecule has 0 saturated carbocycles. The Morgan fingerprint density at radius 1 is 1.00 bits per heavy atom. The van der Waals surface area contributed by atoms with Gasteiger partial charge in [0.2, 0.25) is 11.8 Å². The van der Waals surface area contributed by atoms with Crippen molar-refractivity contribution in [1.82, 2.24) is 20.1 Å². The fourth-order valence-corrected chi connectivity index (χ4v) is 5.01. The summed E-state index contributed by atoms with van der Waals surface area (Å²) >= 11 is 0. The number of anilines is 2. The highest BCUT2D eigenvalue weighted by Gasteiger charge is 2.17. The van der Waals surface area contributed by atoms with Crippen molar-refractivity contribution in [3.63, 3.8) is 0 Å². The quantitative estimate of drug-likeness (QED) is 0.521. The summed E-state index contributed by atoms with van der Waals surface area (Å²) in [5.41, 5.74) is 2.81. The van der Waals surface area contributed by atoms with Gasteiger partial charge in [-0.05, 0) is 88.6 Å². The maximum Gasteiger partial charge on any atom is 0.224 e. The standard InChI is InChI=1S/C28H42N6O2/c1-21-9-13-33(14-10-21)12-4-11-29-27(35)7-8-28(36)30-23-5-6-25-24(20-23)22(2)19-26(31-25)34-17-15-32(3)16-18-34/h5-6,19-21H,4,7-18H2,1-3H3,(H,29,35)(H,30,36). The van der Waals surface area contributed by atoms with Crippen molar-refractivity contribution in [2.75, 3.05) is 69.6 Å². The number of nitrogens with zero attached hydrogens (tertiary/aromatic N) is 4. The number of hydrogen-bond donors (Lipinski definition) is 2. The van der Waals surface area contributed by atoms with E-state index in [1.807, 2.05) is 18.2 Å². The molecule has 0 unspecified atom stereocenters. The van der Waals surface area contributed by atoms with Crippen LogP contribution in [0.4, 0.5) is 11.5 Å². The van der Waals surface area contributed by atoms with E-state index in [0.29, 0.717) is 6.54 Å². The molecule has 0 aliphatic carbocycles. The van der Waals surface area contributed by atoms with Crippen molar-refractivity contribution in [2.24, 2.45) is 5.92 Å². The third kappa shape index (κ3) is 7.40. The number of aryl methyl sites for hydroxylation is 1. The second kappa shape index (κ2) is 12.5. The lowest BCUT2D eigenvalue weighted by molar-refractivity contribution is -0.124. The van der Waals surface area contributed by atoms with Crippen LogP contribution in [-0.4, -0.2) is 86.0 Å². The number of likely N-dealkylation sites (N-methyl/N-ethyl adjacent to an activating group) is 1. The maximum absolute atomic E-state index is 12.5. The molecule has 0 spiro atoms. The van der Waals surface area contributed by atoms with Crippen LogP contribution in [0.1, 0.15) is 44.6 Å². The fraction of sp³-hybridized carbons (Fsp3) is 0.607. The molecule has 2 N–H and O–H groups in total. The van der Waals surface area contributed by atoms with Gasteiger partial charge in [-0.2, -0.15) is 0 Å². The van der Waals surface area contributed by atoms with Crippen molar-refractivity contribution in [2.45, 2.75) is 46.0 Å². The first-order valence-electron chi connectivity index (χ1n) is 13.5. The summed E-state index contributed by atoms with van der Waals surface area (Å²) < 4.78 is 0. The Morgan fingerprint density at radius 3 is 2.47 bits per heavy atom. The number of piperazine rings is 1. The molecule has 2 aliphatic heterocycles. The summed E-state index contributed by atoms with van der Waals surface area (Å²) in [6, 6.07) is 7.97. The van der Waals surface area contributed by atoms with E-state index in [1.54, 1.807) is 0 Å². The lowest BCUT2D eigenvalue weighted by atomic mass is 9.99. The number of amides is 2. The van der Waals surface area contributed by atoms with Crippen LogP contribution in [0.3, 0.4) is 0 Å². The van der Waals surface area contributed by atoms with E-state index in [4.69, 9.17) is 4.98 Å². The Balaban J connectivity index is 1.20. The Bertz CT molecular complexity index is 1040. The minimum absolute atomic E-state index is 0.0626. The molecule has 0 radical (unpaired) electrons. The van der Waals surface area contributed by atoms with Crippen LogP contribution in [0, 0.1) is 12.8 Å². The van der Waals surface area contributed by atoms with E-state index in [0.717, 1.165) is 86.1 Å². The Morgan fingerprint density at radius 2 is 1.72 bits per heavy atom. The summed E-state index contributed by atoms with van der Waals surface area (Å²) in [4.78, 5) is 36.7. The van der Waals surface area contributed by atoms with E-state index in [2.05, 4.69) is 52.3 Å². The number of nitrogens with one attached hydrogen (secondary N) is 2. The highest BCUT2D eigenvalue weighted by molar-refractivity contribution is 5.96. The molecule has 0 atom stereocenters. The molecule has 2 saturated heterocycles. The Labute approximate surface area is 215 Å². The van der Waals surface area contributed by atoms with Gasteiger partial charge in [0.15, 0.2) is 0 Å². The molecule has 1 aromatic carbocycles.